The van der Waals surface area contributed by atoms with Gasteiger partial charge in [0.15, 0.2) is 9.84 Å². The summed E-state index contributed by atoms with van der Waals surface area (Å²) in [6, 6.07) is 7.91. The van der Waals surface area contributed by atoms with Crippen LogP contribution in [0.3, 0.4) is 0 Å². The van der Waals surface area contributed by atoms with E-state index in [0.717, 1.165) is 20.5 Å². The highest BCUT2D eigenvalue weighted by Crippen LogP contribution is 2.27. The maximum absolute atomic E-state index is 11.2. The Morgan fingerprint density at radius 1 is 1.31 bits per heavy atom. The molecule has 0 radical (unpaired) electrons. The molecule has 0 saturated carbocycles. The molecule has 0 bridgehead atoms. The van der Waals surface area contributed by atoms with Crippen LogP contribution in [0.1, 0.15) is 10.4 Å². The molecule has 0 fully saturated rings. The first-order valence-electron chi connectivity index (χ1n) is 4.87. The van der Waals surface area contributed by atoms with Crippen molar-refractivity contribution in [2.24, 2.45) is 5.73 Å². The van der Waals surface area contributed by atoms with Crippen LogP contribution in [-0.2, 0) is 22.1 Å². The minimum Gasteiger partial charge on any atom is -0.326 e. The van der Waals surface area contributed by atoms with Crippen molar-refractivity contribution in [2.45, 2.75) is 12.3 Å². The van der Waals surface area contributed by atoms with Crippen molar-refractivity contribution in [3.63, 3.8) is 0 Å². The molecule has 0 atom stereocenters. The summed E-state index contributed by atoms with van der Waals surface area (Å²) in [7, 11) is -2.95. The van der Waals surface area contributed by atoms with Crippen LogP contribution in [0.5, 0.6) is 0 Å². The van der Waals surface area contributed by atoms with Crippen LogP contribution < -0.4 is 5.73 Å². The van der Waals surface area contributed by atoms with E-state index in [1.807, 2.05) is 24.3 Å². The van der Waals surface area contributed by atoms with Gasteiger partial charge in [-0.1, -0.05) is 12.1 Å². The molecule has 3 nitrogen and oxygen atoms in total. The molecular weight excluding hydrogens is 242 g/mol. The van der Waals surface area contributed by atoms with E-state index < -0.39 is 9.84 Å². The van der Waals surface area contributed by atoms with E-state index in [-0.39, 0.29) is 5.75 Å². The monoisotopic (exact) mass is 255 g/mol. The molecule has 0 unspecified atom stereocenters. The zero-order chi connectivity index (χ0) is 11.8. The maximum Gasteiger partial charge on any atom is 0.152 e. The lowest BCUT2D eigenvalue weighted by molar-refractivity contribution is 0.601. The zero-order valence-electron chi connectivity index (χ0n) is 8.93. The molecule has 0 spiro atoms. The third-order valence-electron chi connectivity index (χ3n) is 2.28. The number of hydrogen-bond acceptors (Lipinski definition) is 4. The quantitative estimate of drug-likeness (QED) is 0.911. The molecule has 1 aromatic heterocycles. The SMILES string of the molecule is CS(=O)(=O)Cc1cc2ccc(CN)cc2s1. The summed E-state index contributed by atoms with van der Waals surface area (Å²) in [5.74, 6) is 0.115. The summed E-state index contributed by atoms with van der Waals surface area (Å²) in [6.07, 6.45) is 1.25. The van der Waals surface area contributed by atoms with E-state index in [1.54, 1.807) is 0 Å². The Balaban J connectivity index is 2.44. The van der Waals surface area contributed by atoms with Gasteiger partial charge in [0.2, 0.25) is 0 Å². The van der Waals surface area contributed by atoms with Crippen molar-refractivity contribution in [1.29, 1.82) is 0 Å². The lowest BCUT2D eigenvalue weighted by atomic mass is 10.2. The molecular formula is C11H13NO2S2. The lowest BCUT2D eigenvalue weighted by Crippen LogP contribution is -1.98. The van der Waals surface area contributed by atoms with Crippen molar-refractivity contribution in [2.75, 3.05) is 6.26 Å². The van der Waals surface area contributed by atoms with Gasteiger partial charge in [-0.15, -0.1) is 11.3 Å². The number of benzene rings is 1. The largest absolute Gasteiger partial charge is 0.326 e. The molecule has 2 N–H and O–H groups in total. The summed E-state index contributed by atoms with van der Waals surface area (Å²) in [5, 5.41) is 1.08. The van der Waals surface area contributed by atoms with Gasteiger partial charge in [0.1, 0.15) is 0 Å². The maximum atomic E-state index is 11.2. The topological polar surface area (TPSA) is 60.2 Å². The molecule has 0 amide bonds. The first-order valence-corrected chi connectivity index (χ1v) is 7.75. The molecule has 1 heterocycles. The third-order valence-corrected chi connectivity index (χ3v) is 4.39. The second-order valence-corrected chi connectivity index (χ2v) is 7.17. The van der Waals surface area contributed by atoms with Gasteiger partial charge in [-0.25, -0.2) is 8.42 Å². The van der Waals surface area contributed by atoms with Crippen molar-refractivity contribution < 1.29 is 8.42 Å². The Kier molecular flexibility index (Phi) is 3.01. The van der Waals surface area contributed by atoms with Crippen molar-refractivity contribution in [3.05, 3.63) is 34.7 Å². The van der Waals surface area contributed by atoms with Crippen molar-refractivity contribution in [3.8, 4) is 0 Å². The summed E-state index contributed by atoms with van der Waals surface area (Å²) in [4.78, 5) is 0.881. The number of hydrogen-bond donors (Lipinski definition) is 1. The number of nitrogens with two attached hydrogens (primary N) is 1. The number of fused-ring (bicyclic) bond motifs is 1. The fourth-order valence-electron chi connectivity index (χ4n) is 1.59. The minimum atomic E-state index is -2.95. The van der Waals surface area contributed by atoms with Gasteiger partial charge in [-0.3, -0.25) is 0 Å². The smallest absolute Gasteiger partial charge is 0.152 e. The lowest BCUT2D eigenvalue weighted by Gasteiger charge is -1.94. The third kappa shape index (κ3) is 2.61. The van der Waals surface area contributed by atoms with Crippen LogP contribution in [0.2, 0.25) is 0 Å². The average molecular weight is 255 g/mol. The Morgan fingerprint density at radius 3 is 2.69 bits per heavy atom. The van der Waals surface area contributed by atoms with Gasteiger partial charge in [0.25, 0.3) is 0 Å². The van der Waals surface area contributed by atoms with Gasteiger partial charge in [-0.05, 0) is 23.1 Å². The Labute approximate surface area is 98.8 Å². The molecule has 0 aliphatic carbocycles. The highest BCUT2D eigenvalue weighted by atomic mass is 32.2. The van der Waals surface area contributed by atoms with Crippen molar-refractivity contribution >= 4 is 31.3 Å². The molecule has 2 rings (SSSR count). The van der Waals surface area contributed by atoms with Gasteiger partial charge < -0.3 is 5.73 Å². The Bertz CT molecular complexity index is 614. The van der Waals surface area contributed by atoms with Gasteiger partial charge in [0, 0.05) is 22.4 Å². The molecule has 1 aromatic carbocycles. The first kappa shape index (κ1) is 11.6. The Hall–Kier alpha value is -0.910. The fraction of sp³-hybridized carbons (Fsp3) is 0.273. The van der Waals surface area contributed by atoms with E-state index in [4.69, 9.17) is 5.73 Å². The number of sulfone groups is 1. The van der Waals surface area contributed by atoms with E-state index in [1.165, 1.54) is 17.6 Å². The molecule has 5 heteroatoms. The predicted octanol–water partition coefficient (Wildman–Crippen LogP) is 1.90. The van der Waals surface area contributed by atoms with Crippen LogP contribution in [-0.4, -0.2) is 14.7 Å². The fourth-order valence-corrected chi connectivity index (χ4v) is 3.99. The first-order chi connectivity index (χ1) is 7.48. The van der Waals surface area contributed by atoms with Crippen molar-refractivity contribution in [1.82, 2.24) is 0 Å². The van der Waals surface area contributed by atoms with E-state index in [0.29, 0.717) is 6.54 Å². The molecule has 16 heavy (non-hydrogen) atoms. The second kappa shape index (κ2) is 4.16. The highest BCUT2D eigenvalue weighted by Gasteiger charge is 2.08. The summed E-state index contributed by atoms with van der Waals surface area (Å²) < 4.78 is 23.5. The van der Waals surface area contributed by atoms with Gasteiger partial charge in [-0.2, -0.15) is 0 Å². The van der Waals surface area contributed by atoms with E-state index in [9.17, 15) is 8.42 Å². The standard InChI is InChI=1S/C11H13NO2S2/c1-16(13,14)7-10-5-9-3-2-8(6-12)4-11(9)15-10/h2-5H,6-7,12H2,1H3. The predicted molar refractivity (Wildman–Crippen MR) is 68.3 cm³/mol. The average Bonchev–Trinajstić information content (AvgIpc) is 2.55. The molecule has 0 aliphatic heterocycles. The summed E-state index contributed by atoms with van der Waals surface area (Å²) in [6.45, 7) is 0.509. The molecule has 0 aliphatic rings. The minimum absolute atomic E-state index is 0.115. The van der Waals surface area contributed by atoms with Gasteiger partial charge >= 0.3 is 0 Å². The summed E-state index contributed by atoms with van der Waals surface area (Å²) in [5.41, 5.74) is 6.63. The molecule has 86 valence electrons. The second-order valence-electron chi connectivity index (χ2n) is 3.86. The normalized spacial score (nSPS) is 12.1. The molecule has 2 aromatic rings. The van der Waals surface area contributed by atoms with Gasteiger partial charge in [0.05, 0.1) is 5.75 Å². The Morgan fingerprint density at radius 2 is 2.06 bits per heavy atom. The van der Waals surface area contributed by atoms with E-state index in [2.05, 4.69) is 0 Å². The number of thiophene rings is 1. The zero-order valence-corrected chi connectivity index (χ0v) is 10.6. The van der Waals surface area contributed by atoms with E-state index >= 15 is 0 Å². The highest BCUT2D eigenvalue weighted by molar-refractivity contribution is 7.90. The number of rotatable bonds is 3. The summed E-state index contributed by atoms with van der Waals surface area (Å²) >= 11 is 1.52. The molecule has 0 saturated heterocycles. The van der Waals surface area contributed by atoms with Crippen LogP contribution >= 0.6 is 11.3 Å². The van der Waals surface area contributed by atoms with Crippen LogP contribution in [0.25, 0.3) is 10.1 Å². The van der Waals surface area contributed by atoms with Crippen LogP contribution in [0, 0.1) is 0 Å². The van der Waals surface area contributed by atoms with Crippen LogP contribution in [0.15, 0.2) is 24.3 Å². The van der Waals surface area contributed by atoms with Crippen LogP contribution in [0.4, 0.5) is 0 Å².